The van der Waals surface area contributed by atoms with Crippen molar-refractivity contribution in [1.82, 2.24) is 9.88 Å². The molecule has 0 aliphatic rings. The molecule has 110 valence electrons. The van der Waals surface area contributed by atoms with Gasteiger partial charge in [0.1, 0.15) is 5.15 Å². The highest BCUT2D eigenvalue weighted by Gasteiger charge is 2.17. The first-order valence-corrected chi connectivity index (χ1v) is 7.06. The molecule has 2 rings (SSSR count). The van der Waals surface area contributed by atoms with Crippen molar-refractivity contribution in [3.05, 3.63) is 62.8 Å². The van der Waals surface area contributed by atoms with Crippen LogP contribution in [0.25, 0.3) is 0 Å². The molecule has 0 aliphatic carbocycles. The number of rotatable bonds is 3. The second-order valence-electron chi connectivity index (χ2n) is 4.40. The maximum atomic E-state index is 13.2. The highest BCUT2D eigenvalue weighted by atomic mass is 79.9. The molecular weight excluding hydrogens is 366 g/mol. The lowest BCUT2D eigenvalue weighted by atomic mass is 10.2. The minimum Gasteiger partial charge on any atom is -0.337 e. The molecule has 0 fully saturated rings. The van der Waals surface area contributed by atoms with Crippen LogP contribution in [-0.4, -0.2) is 22.8 Å². The third kappa shape index (κ3) is 3.77. The van der Waals surface area contributed by atoms with Crippen LogP contribution in [-0.2, 0) is 6.54 Å². The maximum absolute atomic E-state index is 13.2. The van der Waals surface area contributed by atoms with Gasteiger partial charge in [0, 0.05) is 24.3 Å². The number of hydrogen-bond donors (Lipinski definition) is 0. The number of carbonyl (C=O) groups excluding carboxylic acids is 1. The molecule has 1 aromatic carbocycles. The van der Waals surface area contributed by atoms with E-state index in [-0.39, 0.29) is 23.2 Å². The Labute approximate surface area is 133 Å². The van der Waals surface area contributed by atoms with Crippen molar-refractivity contribution in [3.8, 4) is 0 Å². The van der Waals surface area contributed by atoms with Gasteiger partial charge in [-0.3, -0.25) is 4.79 Å². The lowest BCUT2D eigenvalue weighted by Gasteiger charge is -2.18. The first-order chi connectivity index (χ1) is 9.88. The van der Waals surface area contributed by atoms with Gasteiger partial charge in [0.2, 0.25) is 0 Å². The van der Waals surface area contributed by atoms with Gasteiger partial charge in [-0.15, -0.1) is 0 Å². The summed E-state index contributed by atoms with van der Waals surface area (Å²) in [6, 6.07) is 5.05. The number of nitrogens with zero attached hydrogens (tertiary/aromatic N) is 2. The molecule has 0 unspecified atom stereocenters. The topological polar surface area (TPSA) is 33.2 Å². The monoisotopic (exact) mass is 374 g/mol. The smallest absolute Gasteiger partial charge is 0.257 e. The van der Waals surface area contributed by atoms with Crippen molar-refractivity contribution in [3.63, 3.8) is 0 Å². The predicted octanol–water partition coefficient (Wildman–Crippen LogP) is 4.05. The summed E-state index contributed by atoms with van der Waals surface area (Å²) < 4.78 is 26.6. The zero-order valence-electron chi connectivity index (χ0n) is 10.9. The minimum atomic E-state index is -0.949. The van der Waals surface area contributed by atoms with Crippen LogP contribution in [0.15, 0.2) is 34.9 Å². The van der Waals surface area contributed by atoms with E-state index in [0.29, 0.717) is 10.0 Å². The molecule has 21 heavy (non-hydrogen) atoms. The summed E-state index contributed by atoms with van der Waals surface area (Å²) in [5.74, 6) is -2.24. The molecule has 0 saturated heterocycles. The Bertz CT molecular complexity index is 697. The molecule has 0 saturated carbocycles. The summed E-state index contributed by atoms with van der Waals surface area (Å²) in [5, 5.41) is 0.0836. The number of aromatic nitrogens is 1. The number of amides is 1. The molecule has 3 nitrogen and oxygen atoms in total. The Kier molecular flexibility index (Phi) is 4.90. The van der Waals surface area contributed by atoms with Crippen molar-refractivity contribution >= 4 is 33.4 Å². The lowest BCUT2D eigenvalue weighted by Crippen LogP contribution is -2.26. The number of pyridine rings is 1. The first kappa shape index (κ1) is 15.9. The van der Waals surface area contributed by atoms with E-state index in [1.807, 2.05) is 0 Å². The Hall–Kier alpha value is -1.53. The summed E-state index contributed by atoms with van der Waals surface area (Å²) in [5.41, 5.74) is 0.708. The summed E-state index contributed by atoms with van der Waals surface area (Å²) in [6.45, 7) is 0.124. The molecule has 1 heterocycles. The van der Waals surface area contributed by atoms with E-state index in [1.165, 1.54) is 17.2 Å². The van der Waals surface area contributed by atoms with E-state index in [2.05, 4.69) is 20.9 Å². The van der Waals surface area contributed by atoms with Gasteiger partial charge in [0.25, 0.3) is 5.91 Å². The molecule has 0 spiro atoms. The summed E-state index contributed by atoms with van der Waals surface area (Å²) >= 11 is 9.11. The van der Waals surface area contributed by atoms with Crippen LogP contribution >= 0.6 is 27.5 Å². The molecule has 0 aliphatic heterocycles. The first-order valence-electron chi connectivity index (χ1n) is 5.89. The Morgan fingerprint density at radius 3 is 2.71 bits per heavy atom. The van der Waals surface area contributed by atoms with Crippen molar-refractivity contribution in [2.75, 3.05) is 7.05 Å². The largest absolute Gasteiger partial charge is 0.337 e. The quantitative estimate of drug-likeness (QED) is 0.758. The van der Waals surface area contributed by atoms with Gasteiger partial charge in [-0.05, 0) is 39.7 Å². The zero-order chi connectivity index (χ0) is 15.6. The van der Waals surface area contributed by atoms with Gasteiger partial charge in [-0.2, -0.15) is 0 Å². The van der Waals surface area contributed by atoms with Gasteiger partial charge < -0.3 is 4.90 Å². The van der Waals surface area contributed by atoms with Crippen LogP contribution in [0.1, 0.15) is 15.9 Å². The molecule has 2 aromatic rings. The van der Waals surface area contributed by atoms with Crippen molar-refractivity contribution < 1.29 is 13.6 Å². The standard InChI is InChI=1S/C14H10BrClF2N2O/c1-20(7-8-2-3-11(17)12(18)4-8)14(21)10-5-9(15)6-19-13(10)16/h2-6H,7H2,1H3. The molecule has 0 N–H and O–H groups in total. The number of benzene rings is 1. The fourth-order valence-electron chi connectivity index (χ4n) is 1.76. The van der Waals surface area contributed by atoms with Crippen LogP contribution in [0.3, 0.4) is 0 Å². The second kappa shape index (κ2) is 6.49. The van der Waals surface area contributed by atoms with E-state index < -0.39 is 11.6 Å². The lowest BCUT2D eigenvalue weighted by molar-refractivity contribution is 0.0784. The van der Waals surface area contributed by atoms with Gasteiger partial charge in [-0.25, -0.2) is 13.8 Å². The number of hydrogen-bond acceptors (Lipinski definition) is 2. The van der Waals surface area contributed by atoms with E-state index in [1.54, 1.807) is 13.1 Å². The van der Waals surface area contributed by atoms with Crippen LogP contribution in [0.4, 0.5) is 8.78 Å². The van der Waals surface area contributed by atoms with Crippen molar-refractivity contribution in [2.45, 2.75) is 6.54 Å². The minimum absolute atomic E-state index is 0.0836. The third-order valence-electron chi connectivity index (χ3n) is 2.79. The van der Waals surface area contributed by atoms with Crippen LogP contribution in [0.5, 0.6) is 0 Å². The highest BCUT2D eigenvalue weighted by molar-refractivity contribution is 9.10. The third-order valence-corrected chi connectivity index (χ3v) is 3.52. The molecule has 0 atom stereocenters. The van der Waals surface area contributed by atoms with E-state index >= 15 is 0 Å². The van der Waals surface area contributed by atoms with Crippen LogP contribution in [0, 0.1) is 11.6 Å². The zero-order valence-corrected chi connectivity index (χ0v) is 13.3. The van der Waals surface area contributed by atoms with E-state index in [4.69, 9.17) is 11.6 Å². The fourth-order valence-corrected chi connectivity index (χ4v) is 2.28. The molecule has 0 radical (unpaired) electrons. The van der Waals surface area contributed by atoms with Gasteiger partial charge in [0.15, 0.2) is 11.6 Å². The van der Waals surface area contributed by atoms with E-state index in [0.717, 1.165) is 12.1 Å². The summed E-state index contributed by atoms with van der Waals surface area (Å²) in [7, 11) is 1.54. The molecule has 0 bridgehead atoms. The number of carbonyl (C=O) groups is 1. The average Bonchev–Trinajstić information content (AvgIpc) is 2.44. The Morgan fingerprint density at radius 2 is 2.05 bits per heavy atom. The fraction of sp³-hybridized carbons (Fsp3) is 0.143. The normalized spacial score (nSPS) is 10.5. The van der Waals surface area contributed by atoms with Crippen LogP contribution < -0.4 is 0 Å². The van der Waals surface area contributed by atoms with Crippen molar-refractivity contribution in [1.29, 1.82) is 0 Å². The highest BCUT2D eigenvalue weighted by Crippen LogP contribution is 2.20. The van der Waals surface area contributed by atoms with Crippen molar-refractivity contribution in [2.24, 2.45) is 0 Å². The van der Waals surface area contributed by atoms with Gasteiger partial charge in [0.05, 0.1) is 5.56 Å². The molecule has 7 heteroatoms. The Morgan fingerprint density at radius 1 is 1.33 bits per heavy atom. The second-order valence-corrected chi connectivity index (χ2v) is 5.68. The summed E-state index contributed by atoms with van der Waals surface area (Å²) in [4.78, 5) is 17.5. The predicted molar refractivity (Wildman–Crippen MR) is 79.1 cm³/mol. The number of halogens is 4. The Balaban J connectivity index is 2.19. The maximum Gasteiger partial charge on any atom is 0.257 e. The van der Waals surface area contributed by atoms with E-state index in [9.17, 15) is 13.6 Å². The van der Waals surface area contributed by atoms with Crippen LogP contribution in [0.2, 0.25) is 5.15 Å². The molecule has 1 amide bonds. The van der Waals surface area contributed by atoms with Gasteiger partial charge in [-0.1, -0.05) is 17.7 Å². The SMILES string of the molecule is CN(Cc1ccc(F)c(F)c1)C(=O)c1cc(Br)cnc1Cl. The average molecular weight is 376 g/mol. The molecule has 1 aromatic heterocycles. The molecular formula is C14H10BrClF2N2O. The summed E-state index contributed by atoms with van der Waals surface area (Å²) in [6.07, 6.45) is 1.48. The van der Waals surface area contributed by atoms with Gasteiger partial charge >= 0.3 is 0 Å².